The minimum absolute atomic E-state index is 0.0135. The lowest BCUT2D eigenvalue weighted by molar-refractivity contribution is 0.493. The number of hydrogen-bond donors (Lipinski definition) is 0. The zero-order chi connectivity index (χ0) is 13.2. The van der Waals surface area contributed by atoms with E-state index in [0.29, 0.717) is 0 Å². The van der Waals surface area contributed by atoms with Gasteiger partial charge in [0.1, 0.15) is 5.82 Å². The van der Waals surface area contributed by atoms with Crippen LogP contribution in [0, 0.1) is 11.7 Å². The average Bonchev–Trinajstić information content (AvgIpc) is 2.79. The summed E-state index contributed by atoms with van der Waals surface area (Å²) in [6.07, 6.45) is 7.50. The molecule has 0 bridgehead atoms. The molecule has 1 aromatic rings. The summed E-state index contributed by atoms with van der Waals surface area (Å²) < 4.78 is 14.1. The van der Waals surface area contributed by atoms with Gasteiger partial charge in [-0.05, 0) is 41.4 Å². The van der Waals surface area contributed by atoms with Crippen molar-refractivity contribution < 1.29 is 4.39 Å². The van der Waals surface area contributed by atoms with E-state index in [4.69, 9.17) is 0 Å². The number of halogens is 1. The third-order valence-electron chi connectivity index (χ3n) is 4.22. The topological polar surface area (TPSA) is 0 Å². The first kappa shape index (κ1) is 13.6. The van der Waals surface area contributed by atoms with E-state index in [0.717, 1.165) is 29.9 Å². The molecule has 2 rings (SSSR count). The van der Waals surface area contributed by atoms with Crippen molar-refractivity contribution in [3.05, 3.63) is 35.1 Å². The molecule has 0 amide bonds. The van der Waals surface area contributed by atoms with Crippen LogP contribution >= 0.6 is 0 Å². The Labute approximate surface area is 111 Å². The monoisotopic (exact) mass is 248 g/mol. The molecule has 0 unspecified atom stereocenters. The zero-order valence-electron chi connectivity index (χ0n) is 11.9. The molecule has 0 aliphatic heterocycles. The lowest BCUT2D eigenvalue weighted by atomic mass is 9.86. The fourth-order valence-electron chi connectivity index (χ4n) is 2.88. The maximum atomic E-state index is 14.1. The van der Waals surface area contributed by atoms with Gasteiger partial charge in [-0.1, -0.05) is 58.6 Å². The summed E-state index contributed by atoms with van der Waals surface area (Å²) in [5.74, 6) is 0.826. The van der Waals surface area contributed by atoms with Gasteiger partial charge in [-0.2, -0.15) is 0 Å². The Balaban J connectivity index is 2.01. The van der Waals surface area contributed by atoms with Crippen LogP contribution in [0.4, 0.5) is 4.39 Å². The van der Waals surface area contributed by atoms with E-state index in [2.05, 4.69) is 26.8 Å². The third-order valence-corrected chi connectivity index (χ3v) is 4.22. The fraction of sp³-hybridized carbons (Fsp3) is 0.647. The molecule has 0 aromatic heterocycles. The van der Waals surface area contributed by atoms with Crippen LogP contribution in [0.2, 0.25) is 0 Å². The first-order valence-electron chi connectivity index (χ1n) is 7.26. The van der Waals surface area contributed by atoms with Crippen LogP contribution in [0.25, 0.3) is 0 Å². The maximum absolute atomic E-state index is 14.1. The van der Waals surface area contributed by atoms with Gasteiger partial charge in [-0.15, -0.1) is 0 Å². The molecular formula is C17H25F. The standard InChI is InChI=1S/C17H25F/c1-17(2,3)15-11-10-14(16(18)12-15)9-8-13-6-4-5-7-13/h10-13H,4-9H2,1-3H3. The molecule has 1 saturated carbocycles. The molecule has 1 aromatic carbocycles. The second-order valence-corrected chi connectivity index (χ2v) is 6.75. The van der Waals surface area contributed by atoms with Crippen molar-refractivity contribution in [3.8, 4) is 0 Å². The molecule has 0 atom stereocenters. The lowest BCUT2D eigenvalue weighted by Gasteiger charge is -2.20. The third kappa shape index (κ3) is 3.34. The molecule has 1 aliphatic rings. The van der Waals surface area contributed by atoms with E-state index in [1.807, 2.05) is 6.07 Å². The van der Waals surface area contributed by atoms with E-state index in [1.54, 1.807) is 6.07 Å². The largest absolute Gasteiger partial charge is 0.207 e. The predicted octanol–water partition coefficient (Wildman–Crippen LogP) is 5.25. The Bertz CT molecular complexity index is 395. The van der Waals surface area contributed by atoms with Gasteiger partial charge in [0.05, 0.1) is 0 Å². The van der Waals surface area contributed by atoms with Crippen LogP contribution in [0.3, 0.4) is 0 Å². The van der Waals surface area contributed by atoms with E-state index in [9.17, 15) is 4.39 Å². The smallest absolute Gasteiger partial charge is 0.126 e. The van der Waals surface area contributed by atoms with Crippen molar-refractivity contribution >= 4 is 0 Å². The molecule has 0 radical (unpaired) electrons. The zero-order valence-corrected chi connectivity index (χ0v) is 11.9. The predicted molar refractivity (Wildman–Crippen MR) is 75.4 cm³/mol. The van der Waals surface area contributed by atoms with Crippen LogP contribution in [-0.4, -0.2) is 0 Å². The van der Waals surface area contributed by atoms with Gasteiger partial charge >= 0.3 is 0 Å². The molecule has 0 N–H and O–H groups in total. The van der Waals surface area contributed by atoms with E-state index in [1.165, 1.54) is 25.7 Å². The first-order chi connectivity index (χ1) is 8.47. The van der Waals surface area contributed by atoms with Crippen LogP contribution in [0.1, 0.15) is 64.0 Å². The summed E-state index contributed by atoms with van der Waals surface area (Å²) in [6.45, 7) is 6.37. The van der Waals surface area contributed by atoms with Crippen molar-refractivity contribution in [1.82, 2.24) is 0 Å². The van der Waals surface area contributed by atoms with Gasteiger partial charge in [-0.3, -0.25) is 0 Å². The van der Waals surface area contributed by atoms with Gasteiger partial charge in [0.25, 0.3) is 0 Å². The van der Waals surface area contributed by atoms with Crippen molar-refractivity contribution in [2.45, 2.75) is 64.7 Å². The fourth-order valence-corrected chi connectivity index (χ4v) is 2.88. The average molecular weight is 248 g/mol. The Kier molecular flexibility index (Phi) is 4.09. The SMILES string of the molecule is CC(C)(C)c1ccc(CCC2CCCC2)c(F)c1. The van der Waals surface area contributed by atoms with Gasteiger partial charge in [0.2, 0.25) is 0 Å². The Morgan fingerprint density at radius 3 is 2.39 bits per heavy atom. The van der Waals surface area contributed by atoms with Crippen LogP contribution in [0.5, 0.6) is 0 Å². The molecule has 18 heavy (non-hydrogen) atoms. The van der Waals surface area contributed by atoms with Gasteiger partial charge < -0.3 is 0 Å². The second kappa shape index (κ2) is 5.42. The molecule has 1 fully saturated rings. The number of aryl methyl sites for hydroxylation is 1. The number of benzene rings is 1. The molecule has 1 aliphatic carbocycles. The molecule has 0 heterocycles. The summed E-state index contributed by atoms with van der Waals surface area (Å²) in [5.41, 5.74) is 2.02. The highest BCUT2D eigenvalue weighted by Gasteiger charge is 2.18. The Hall–Kier alpha value is -0.850. The molecule has 0 saturated heterocycles. The normalized spacial score (nSPS) is 17.3. The molecule has 1 heteroatoms. The first-order valence-corrected chi connectivity index (χ1v) is 7.26. The highest BCUT2D eigenvalue weighted by molar-refractivity contribution is 5.29. The van der Waals surface area contributed by atoms with E-state index < -0.39 is 0 Å². The van der Waals surface area contributed by atoms with Crippen molar-refractivity contribution in [2.24, 2.45) is 5.92 Å². The van der Waals surface area contributed by atoms with Gasteiger partial charge in [0, 0.05) is 0 Å². The van der Waals surface area contributed by atoms with Crippen molar-refractivity contribution in [3.63, 3.8) is 0 Å². The Morgan fingerprint density at radius 2 is 1.83 bits per heavy atom. The molecule has 100 valence electrons. The molecule has 0 spiro atoms. The van der Waals surface area contributed by atoms with Crippen molar-refractivity contribution in [2.75, 3.05) is 0 Å². The van der Waals surface area contributed by atoms with Crippen LogP contribution in [0.15, 0.2) is 18.2 Å². The summed E-state index contributed by atoms with van der Waals surface area (Å²) in [4.78, 5) is 0. The summed E-state index contributed by atoms with van der Waals surface area (Å²) >= 11 is 0. The highest BCUT2D eigenvalue weighted by Crippen LogP contribution is 2.30. The quantitative estimate of drug-likeness (QED) is 0.685. The lowest BCUT2D eigenvalue weighted by Crippen LogP contribution is -2.12. The number of hydrogen-bond acceptors (Lipinski definition) is 0. The number of rotatable bonds is 3. The van der Waals surface area contributed by atoms with E-state index in [-0.39, 0.29) is 11.2 Å². The minimum atomic E-state index is -0.0135. The van der Waals surface area contributed by atoms with Gasteiger partial charge in [-0.25, -0.2) is 4.39 Å². The molecule has 0 nitrogen and oxygen atoms in total. The second-order valence-electron chi connectivity index (χ2n) is 6.75. The van der Waals surface area contributed by atoms with Gasteiger partial charge in [0.15, 0.2) is 0 Å². The summed E-state index contributed by atoms with van der Waals surface area (Å²) in [5, 5.41) is 0. The maximum Gasteiger partial charge on any atom is 0.126 e. The minimum Gasteiger partial charge on any atom is -0.207 e. The van der Waals surface area contributed by atoms with E-state index >= 15 is 0 Å². The van der Waals surface area contributed by atoms with Crippen LogP contribution in [-0.2, 0) is 11.8 Å². The Morgan fingerprint density at radius 1 is 1.17 bits per heavy atom. The summed E-state index contributed by atoms with van der Waals surface area (Å²) in [7, 11) is 0. The highest BCUT2D eigenvalue weighted by atomic mass is 19.1. The summed E-state index contributed by atoms with van der Waals surface area (Å²) in [6, 6.07) is 5.81. The van der Waals surface area contributed by atoms with Crippen molar-refractivity contribution in [1.29, 1.82) is 0 Å². The molecular weight excluding hydrogens is 223 g/mol. The van der Waals surface area contributed by atoms with Crippen LogP contribution < -0.4 is 0 Å².